The normalized spacial score (nSPS) is 16.5. The van der Waals surface area contributed by atoms with Gasteiger partial charge in [-0.2, -0.15) is 0 Å². The fourth-order valence-electron chi connectivity index (χ4n) is 6.64. The van der Waals surface area contributed by atoms with Crippen LogP contribution in [0.4, 0.5) is 0 Å². The zero-order valence-electron chi connectivity index (χ0n) is 34.8. The quantitative estimate of drug-likeness (QED) is 0.0567. The highest BCUT2D eigenvalue weighted by atomic mass is 16.4. The topological polar surface area (TPSA) is 309 Å². The molecule has 0 saturated carbocycles. The van der Waals surface area contributed by atoms with Gasteiger partial charge in [-0.25, -0.2) is 0 Å². The van der Waals surface area contributed by atoms with E-state index in [4.69, 9.17) is 5.11 Å². The summed E-state index contributed by atoms with van der Waals surface area (Å²) in [5.74, 6) is -8.05. The van der Waals surface area contributed by atoms with Crippen LogP contribution >= 0.6 is 0 Å². The van der Waals surface area contributed by atoms with Crippen molar-refractivity contribution < 1.29 is 72.5 Å². The lowest BCUT2D eigenvalue weighted by molar-refractivity contribution is -0.141. The second kappa shape index (κ2) is 23.7. The van der Waals surface area contributed by atoms with Crippen molar-refractivity contribution >= 4 is 76.9 Å². The molecule has 0 spiro atoms. The Morgan fingerprint density at radius 3 is 1.11 bits per heavy atom. The van der Waals surface area contributed by atoms with Gasteiger partial charge in [0.1, 0.15) is 6.23 Å². The number of imide groups is 3. The van der Waals surface area contributed by atoms with Gasteiger partial charge in [0.05, 0.1) is 6.42 Å². The third kappa shape index (κ3) is 14.6. The van der Waals surface area contributed by atoms with Gasteiger partial charge < -0.3 is 40.4 Å². The SMILES string of the molecule is O=C(O)CCC(=O)N(CCNC(=O)CCC(=O)N(CCN1C(=O)C=CC1=O)CCN1C(=O)C=CC1=O)CCNC(=O)CCC(=O)N(CCN1C(=O)C=CC1=O)CCN1C(=O)C=CC1O. The number of carboxylic acid groups (broad SMARTS) is 1. The average molecular weight is 896 g/mol. The summed E-state index contributed by atoms with van der Waals surface area (Å²) in [5.41, 5.74) is 0. The van der Waals surface area contributed by atoms with E-state index in [1.54, 1.807) is 0 Å². The van der Waals surface area contributed by atoms with Gasteiger partial charge in [-0.05, 0) is 6.08 Å². The van der Waals surface area contributed by atoms with E-state index in [0.29, 0.717) is 0 Å². The molecule has 0 aromatic carbocycles. The van der Waals surface area contributed by atoms with Gasteiger partial charge >= 0.3 is 5.97 Å². The molecule has 0 aliphatic carbocycles. The van der Waals surface area contributed by atoms with E-state index < -0.39 is 89.5 Å². The first-order valence-electron chi connectivity index (χ1n) is 20.3. The average Bonchev–Trinajstić information content (AvgIpc) is 3.97. The van der Waals surface area contributed by atoms with E-state index in [1.165, 1.54) is 26.9 Å². The first-order valence-corrected chi connectivity index (χ1v) is 20.3. The molecule has 24 heteroatoms. The van der Waals surface area contributed by atoms with Gasteiger partial charge in [-0.1, -0.05) is 0 Å². The predicted octanol–water partition coefficient (Wildman–Crippen LogP) is -4.38. The third-order valence-electron chi connectivity index (χ3n) is 10.3. The predicted molar refractivity (Wildman–Crippen MR) is 216 cm³/mol. The highest BCUT2D eigenvalue weighted by Gasteiger charge is 2.30. The second-order valence-electron chi connectivity index (χ2n) is 14.5. The number of aliphatic carboxylic acids is 1. The van der Waals surface area contributed by atoms with Crippen LogP contribution < -0.4 is 10.6 Å². The standard InChI is InChI=1S/C40H49N9O15/c50-27(1-3-29(52)44(19-23-46-32(55)5-6-33(46)56)20-24-47-34(57)7-8-35(47)58)41-15-17-43(31(54)13-14-40(63)64)18-16-42-28(51)2-4-30(53)45(21-25-48-36(59)9-10-37(48)60)22-26-49-38(61)11-12-39(49)62/h5-12,32,55H,1-4,13-26H2,(H,41,50)(H,42,51)(H,63,64). The van der Waals surface area contributed by atoms with Crippen molar-refractivity contribution in [3.05, 3.63) is 48.6 Å². The molecule has 12 amide bonds. The maximum absolute atomic E-state index is 13.2. The highest BCUT2D eigenvalue weighted by molar-refractivity contribution is 6.14. The lowest BCUT2D eigenvalue weighted by Crippen LogP contribution is -2.46. The van der Waals surface area contributed by atoms with Gasteiger partial charge in [-0.15, -0.1) is 0 Å². The minimum Gasteiger partial charge on any atom is -0.481 e. The van der Waals surface area contributed by atoms with E-state index in [-0.39, 0.29) is 111 Å². The molecule has 0 bridgehead atoms. The molecule has 24 nitrogen and oxygen atoms in total. The molecular weight excluding hydrogens is 846 g/mol. The van der Waals surface area contributed by atoms with Crippen molar-refractivity contribution in [2.24, 2.45) is 0 Å². The molecule has 4 aliphatic rings. The van der Waals surface area contributed by atoms with Crippen LogP contribution in [-0.2, 0) is 62.3 Å². The Bertz CT molecular complexity index is 1950. The zero-order chi connectivity index (χ0) is 46.9. The van der Waals surface area contributed by atoms with Crippen LogP contribution in [0.5, 0.6) is 0 Å². The first-order chi connectivity index (χ1) is 30.4. The van der Waals surface area contributed by atoms with Gasteiger partial charge in [0, 0.05) is 153 Å². The summed E-state index contributed by atoms with van der Waals surface area (Å²) in [6.45, 7) is -1.56. The summed E-state index contributed by atoms with van der Waals surface area (Å²) in [5, 5.41) is 24.3. The van der Waals surface area contributed by atoms with Crippen LogP contribution in [0, 0.1) is 0 Å². The van der Waals surface area contributed by atoms with E-state index in [9.17, 15) is 67.4 Å². The number of amides is 12. The third-order valence-corrected chi connectivity index (χ3v) is 10.3. The number of nitrogens with zero attached hydrogens (tertiary/aromatic N) is 7. The lowest BCUT2D eigenvalue weighted by atomic mass is 10.2. The zero-order valence-corrected chi connectivity index (χ0v) is 34.8. The summed E-state index contributed by atoms with van der Waals surface area (Å²) >= 11 is 0. The summed E-state index contributed by atoms with van der Waals surface area (Å²) in [6.07, 6.45) is 5.54. The van der Waals surface area contributed by atoms with Crippen LogP contribution in [0.3, 0.4) is 0 Å². The number of hydrogen-bond acceptors (Lipinski definition) is 14. The molecule has 0 saturated heterocycles. The lowest BCUT2D eigenvalue weighted by Gasteiger charge is -2.28. The Kier molecular flexibility index (Phi) is 18.3. The number of hydrogen-bond donors (Lipinski definition) is 4. The Morgan fingerprint density at radius 2 is 0.781 bits per heavy atom. The fourth-order valence-corrected chi connectivity index (χ4v) is 6.64. The molecule has 0 aromatic heterocycles. The number of carbonyl (C=O) groups is 13. The first kappa shape index (κ1) is 49.3. The Labute approximate surface area is 365 Å². The molecule has 4 rings (SSSR count). The number of nitrogens with one attached hydrogen (secondary N) is 2. The van der Waals surface area contributed by atoms with Crippen LogP contribution in [-0.4, -0.2) is 206 Å². The minimum atomic E-state index is -1.23. The number of aliphatic hydroxyl groups is 1. The largest absolute Gasteiger partial charge is 0.481 e. The maximum Gasteiger partial charge on any atom is 0.303 e. The summed E-state index contributed by atoms with van der Waals surface area (Å²) < 4.78 is 0. The molecule has 344 valence electrons. The summed E-state index contributed by atoms with van der Waals surface area (Å²) in [7, 11) is 0. The summed E-state index contributed by atoms with van der Waals surface area (Å²) in [4.78, 5) is 168. The Balaban J connectivity index is 1.24. The van der Waals surface area contributed by atoms with E-state index in [0.717, 1.165) is 56.1 Å². The molecule has 4 heterocycles. The van der Waals surface area contributed by atoms with Gasteiger partial charge in [0.15, 0.2) is 0 Å². The van der Waals surface area contributed by atoms with Crippen LogP contribution in [0.25, 0.3) is 0 Å². The smallest absolute Gasteiger partial charge is 0.303 e. The number of aliphatic hydroxyl groups excluding tert-OH is 1. The van der Waals surface area contributed by atoms with Gasteiger partial charge in [-0.3, -0.25) is 77.0 Å². The fraction of sp³-hybridized carbons (Fsp3) is 0.475. The summed E-state index contributed by atoms with van der Waals surface area (Å²) in [6, 6.07) is 0. The Morgan fingerprint density at radius 1 is 0.453 bits per heavy atom. The van der Waals surface area contributed by atoms with E-state index in [2.05, 4.69) is 10.6 Å². The second-order valence-corrected chi connectivity index (χ2v) is 14.5. The minimum absolute atomic E-state index is 0.0787. The van der Waals surface area contributed by atoms with Crippen LogP contribution in [0.15, 0.2) is 48.6 Å². The van der Waals surface area contributed by atoms with Crippen LogP contribution in [0.1, 0.15) is 38.5 Å². The molecule has 4 N–H and O–H groups in total. The molecule has 1 atom stereocenters. The highest BCUT2D eigenvalue weighted by Crippen LogP contribution is 2.12. The van der Waals surface area contributed by atoms with Crippen LogP contribution in [0.2, 0.25) is 0 Å². The van der Waals surface area contributed by atoms with Gasteiger partial charge in [0.25, 0.3) is 35.4 Å². The van der Waals surface area contributed by atoms with Crippen molar-refractivity contribution in [3.8, 4) is 0 Å². The molecule has 4 aliphatic heterocycles. The van der Waals surface area contributed by atoms with Crippen molar-refractivity contribution in [1.82, 2.24) is 44.9 Å². The Hall–Kier alpha value is -7.37. The number of carboxylic acids is 1. The van der Waals surface area contributed by atoms with Crippen molar-refractivity contribution in [3.63, 3.8) is 0 Å². The molecule has 64 heavy (non-hydrogen) atoms. The molecule has 1 unspecified atom stereocenters. The molecule has 0 fully saturated rings. The number of carbonyl (C=O) groups excluding carboxylic acids is 12. The van der Waals surface area contributed by atoms with Crippen molar-refractivity contribution in [1.29, 1.82) is 0 Å². The van der Waals surface area contributed by atoms with Gasteiger partial charge in [0.2, 0.25) is 35.4 Å². The molecule has 0 radical (unpaired) electrons. The van der Waals surface area contributed by atoms with Crippen molar-refractivity contribution in [2.45, 2.75) is 44.8 Å². The molecule has 0 aromatic rings. The van der Waals surface area contributed by atoms with Crippen molar-refractivity contribution in [2.75, 3.05) is 78.5 Å². The maximum atomic E-state index is 13.2. The molecular formula is C40H49N9O15. The number of rotatable bonds is 27. The van der Waals surface area contributed by atoms with E-state index in [1.807, 2.05) is 0 Å². The van der Waals surface area contributed by atoms with E-state index >= 15 is 0 Å². The monoisotopic (exact) mass is 895 g/mol.